The van der Waals surface area contributed by atoms with Crippen LogP contribution in [0.5, 0.6) is 11.5 Å². The zero-order valence-corrected chi connectivity index (χ0v) is 16.3. The number of phenolic OH excluding ortho intramolecular Hbond substituents is 1. The molecule has 4 rings (SSSR count). The molecule has 0 spiro atoms. The summed E-state index contributed by atoms with van der Waals surface area (Å²) in [5.41, 5.74) is 3.83. The summed E-state index contributed by atoms with van der Waals surface area (Å²) in [6, 6.07) is 9.13. The molecule has 8 nitrogen and oxygen atoms in total. The third-order valence-corrected chi connectivity index (χ3v) is 4.74. The average Bonchev–Trinajstić information content (AvgIpc) is 3.03. The number of ether oxygens (including phenoxy) is 1. The quantitative estimate of drug-likeness (QED) is 0.643. The van der Waals surface area contributed by atoms with Gasteiger partial charge in [-0.3, -0.25) is 15.2 Å². The molecule has 1 aromatic heterocycles. The monoisotopic (exact) mass is 410 g/mol. The van der Waals surface area contributed by atoms with E-state index in [1.165, 1.54) is 28.2 Å². The lowest BCUT2D eigenvalue weighted by molar-refractivity contribution is 0.0764. The van der Waals surface area contributed by atoms with Crippen molar-refractivity contribution in [3.63, 3.8) is 0 Å². The summed E-state index contributed by atoms with van der Waals surface area (Å²) in [5, 5.41) is 12.6. The van der Waals surface area contributed by atoms with Crippen molar-refractivity contribution in [2.45, 2.75) is 13.1 Å². The number of aromatic hydroxyl groups is 1. The maximum Gasteiger partial charge on any atom is 0.427 e. The number of rotatable bonds is 4. The fraction of sp³-hybridized carbons (Fsp3) is 0.190. The number of carbonyl (C=O) groups excluding carboxylic acids is 2. The number of amides is 2. The SMILES string of the molecule is CN(C)NC(=O)Oc1c2c(c(O)c3ncccc13)C(=O)N(Cc1ccc(F)cc1)C2. The number of phenols is 1. The zero-order chi connectivity index (χ0) is 21.4. The summed E-state index contributed by atoms with van der Waals surface area (Å²) in [6.45, 7) is 0.328. The van der Waals surface area contributed by atoms with Crippen molar-refractivity contribution in [3.8, 4) is 11.5 Å². The molecule has 9 heteroatoms. The van der Waals surface area contributed by atoms with Crippen LogP contribution < -0.4 is 10.2 Å². The second-order valence-corrected chi connectivity index (χ2v) is 7.11. The van der Waals surface area contributed by atoms with Gasteiger partial charge in [0.2, 0.25) is 0 Å². The molecule has 30 heavy (non-hydrogen) atoms. The molecule has 1 aliphatic heterocycles. The molecule has 2 N–H and O–H groups in total. The number of halogens is 1. The minimum absolute atomic E-state index is 0.0518. The van der Waals surface area contributed by atoms with E-state index in [4.69, 9.17) is 4.74 Å². The highest BCUT2D eigenvalue weighted by Crippen LogP contribution is 2.44. The van der Waals surface area contributed by atoms with E-state index < -0.39 is 12.0 Å². The van der Waals surface area contributed by atoms with Gasteiger partial charge in [0.1, 0.15) is 17.1 Å². The predicted molar refractivity (Wildman–Crippen MR) is 106 cm³/mol. The number of fused-ring (bicyclic) bond motifs is 2. The van der Waals surface area contributed by atoms with Crippen molar-refractivity contribution in [1.29, 1.82) is 0 Å². The molecule has 0 atom stereocenters. The summed E-state index contributed by atoms with van der Waals surface area (Å²) in [4.78, 5) is 30.9. The summed E-state index contributed by atoms with van der Waals surface area (Å²) >= 11 is 0. The number of pyridine rings is 1. The van der Waals surface area contributed by atoms with Crippen LogP contribution in [0.4, 0.5) is 9.18 Å². The largest absolute Gasteiger partial charge is 0.505 e. The normalized spacial score (nSPS) is 13.1. The highest BCUT2D eigenvalue weighted by Gasteiger charge is 2.36. The Morgan fingerprint density at radius 3 is 2.73 bits per heavy atom. The van der Waals surface area contributed by atoms with Gasteiger partial charge in [-0.1, -0.05) is 12.1 Å². The molecule has 1 aliphatic rings. The molecule has 2 heterocycles. The molecule has 0 radical (unpaired) electrons. The summed E-state index contributed by atoms with van der Waals surface area (Å²) in [7, 11) is 3.27. The standard InChI is InChI=1S/C21H19FN4O4/c1-25(2)24-21(29)30-19-14-4-3-9-23-17(14)18(27)16-15(19)11-26(20(16)28)10-12-5-7-13(22)8-6-12/h3-9,27H,10-11H2,1-2H3,(H,24,29). The van der Waals surface area contributed by atoms with Crippen LogP contribution >= 0.6 is 0 Å². The van der Waals surface area contributed by atoms with Gasteiger partial charge in [-0.2, -0.15) is 0 Å². The molecule has 0 saturated carbocycles. The first-order valence-electron chi connectivity index (χ1n) is 9.17. The third kappa shape index (κ3) is 3.50. The van der Waals surface area contributed by atoms with Crippen molar-refractivity contribution in [3.05, 3.63) is 65.1 Å². The van der Waals surface area contributed by atoms with Crippen molar-refractivity contribution in [2.24, 2.45) is 0 Å². The van der Waals surface area contributed by atoms with Gasteiger partial charge in [0.05, 0.1) is 12.1 Å². The van der Waals surface area contributed by atoms with Crippen LogP contribution in [0.15, 0.2) is 42.6 Å². The lowest BCUT2D eigenvalue weighted by atomic mass is 10.0. The Hall–Kier alpha value is -3.72. The van der Waals surface area contributed by atoms with E-state index in [1.807, 2.05) is 0 Å². The third-order valence-electron chi connectivity index (χ3n) is 4.74. The molecule has 2 amide bonds. The average molecular weight is 410 g/mol. The van der Waals surface area contributed by atoms with Crippen LogP contribution in [0, 0.1) is 5.82 Å². The Morgan fingerprint density at radius 1 is 1.30 bits per heavy atom. The fourth-order valence-corrected chi connectivity index (χ4v) is 3.47. The van der Waals surface area contributed by atoms with Gasteiger partial charge in [0, 0.05) is 37.8 Å². The van der Waals surface area contributed by atoms with Crippen LogP contribution in [-0.2, 0) is 13.1 Å². The molecule has 0 aliphatic carbocycles. The van der Waals surface area contributed by atoms with Crippen LogP contribution in [0.1, 0.15) is 21.5 Å². The van der Waals surface area contributed by atoms with Gasteiger partial charge in [0.15, 0.2) is 5.75 Å². The first-order chi connectivity index (χ1) is 14.3. The molecule has 154 valence electrons. The number of nitrogens with zero attached hydrogens (tertiary/aromatic N) is 3. The molecule has 2 aromatic carbocycles. The summed E-state index contributed by atoms with van der Waals surface area (Å²) in [5.74, 6) is -0.877. The second kappa shape index (κ2) is 7.60. The molecule has 0 bridgehead atoms. The highest BCUT2D eigenvalue weighted by atomic mass is 19.1. The highest BCUT2D eigenvalue weighted by molar-refractivity contribution is 6.09. The van der Waals surface area contributed by atoms with Gasteiger partial charge in [0.25, 0.3) is 5.91 Å². The Morgan fingerprint density at radius 2 is 2.03 bits per heavy atom. The fourth-order valence-electron chi connectivity index (χ4n) is 3.47. The van der Waals surface area contributed by atoms with E-state index >= 15 is 0 Å². The number of hydrogen-bond acceptors (Lipinski definition) is 6. The number of hydrazine groups is 1. The number of hydrogen-bond donors (Lipinski definition) is 2. The van der Waals surface area contributed by atoms with Crippen molar-refractivity contribution < 1.29 is 23.8 Å². The van der Waals surface area contributed by atoms with Crippen LogP contribution in [-0.4, -0.2) is 46.1 Å². The maximum absolute atomic E-state index is 13.2. The Labute approximate surface area is 171 Å². The van der Waals surface area contributed by atoms with Gasteiger partial charge in [-0.15, -0.1) is 0 Å². The zero-order valence-electron chi connectivity index (χ0n) is 16.3. The first-order valence-corrected chi connectivity index (χ1v) is 9.17. The van der Waals surface area contributed by atoms with Gasteiger partial charge >= 0.3 is 6.09 Å². The lowest BCUT2D eigenvalue weighted by Gasteiger charge is -2.16. The van der Waals surface area contributed by atoms with E-state index in [1.54, 1.807) is 38.4 Å². The van der Waals surface area contributed by atoms with Gasteiger partial charge in [-0.25, -0.2) is 14.2 Å². The van der Waals surface area contributed by atoms with E-state index in [2.05, 4.69) is 10.4 Å². The first kappa shape index (κ1) is 19.6. The van der Waals surface area contributed by atoms with Gasteiger partial charge in [-0.05, 0) is 29.8 Å². The van der Waals surface area contributed by atoms with E-state index in [-0.39, 0.29) is 41.5 Å². The van der Waals surface area contributed by atoms with Crippen LogP contribution in [0.3, 0.4) is 0 Å². The number of aromatic nitrogens is 1. The molecule has 0 saturated heterocycles. The van der Waals surface area contributed by atoms with E-state index in [0.717, 1.165) is 5.56 Å². The Kier molecular flexibility index (Phi) is 4.96. The van der Waals surface area contributed by atoms with Crippen LogP contribution in [0.2, 0.25) is 0 Å². The van der Waals surface area contributed by atoms with Crippen molar-refractivity contribution >= 4 is 22.9 Å². The lowest BCUT2D eigenvalue weighted by Crippen LogP contribution is -2.38. The molecular weight excluding hydrogens is 391 g/mol. The Bertz CT molecular complexity index is 1150. The topological polar surface area (TPSA) is 95.0 Å². The van der Waals surface area contributed by atoms with E-state index in [0.29, 0.717) is 10.9 Å². The summed E-state index contributed by atoms with van der Waals surface area (Å²) < 4.78 is 18.7. The molecule has 0 fully saturated rings. The van der Waals surface area contributed by atoms with Crippen molar-refractivity contribution in [2.75, 3.05) is 14.1 Å². The molecular formula is C21H19FN4O4. The molecule has 0 unspecified atom stereocenters. The predicted octanol–water partition coefficient (Wildman–Crippen LogP) is 2.80. The number of benzene rings is 2. The van der Waals surface area contributed by atoms with Crippen LogP contribution in [0.25, 0.3) is 10.9 Å². The smallest absolute Gasteiger partial charge is 0.427 e. The second-order valence-electron chi connectivity index (χ2n) is 7.11. The molecule has 3 aromatic rings. The minimum atomic E-state index is -0.734. The maximum atomic E-state index is 13.2. The summed E-state index contributed by atoms with van der Waals surface area (Å²) in [6.07, 6.45) is 0.746. The minimum Gasteiger partial charge on any atom is -0.505 e. The van der Waals surface area contributed by atoms with Crippen molar-refractivity contribution in [1.82, 2.24) is 20.3 Å². The Balaban J connectivity index is 1.77. The van der Waals surface area contributed by atoms with E-state index in [9.17, 15) is 19.1 Å². The number of nitrogens with one attached hydrogen (secondary N) is 1. The van der Waals surface area contributed by atoms with Gasteiger partial charge < -0.3 is 14.7 Å². The number of carbonyl (C=O) groups is 2.